The molecule has 0 aromatic rings. The van der Waals surface area contributed by atoms with Crippen LogP contribution in [-0.2, 0) is 9.59 Å². The van der Waals surface area contributed by atoms with Crippen LogP contribution in [0.3, 0.4) is 0 Å². The summed E-state index contributed by atoms with van der Waals surface area (Å²) in [6, 6.07) is 0. The van der Waals surface area contributed by atoms with Gasteiger partial charge in [-0.15, -0.1) is 0 Å². The number of hydrogen-bond acceptors (Lipinski definition) is 4. The smallest absolute Gasteiger partial charge is 0.247 e. The van der Waals surface area contributed by atoms with E-state index in [0.717, 1.165) is 24.3 Å². The van der Waals surface area contributed by atoms with Crippen molar-refractivity contribution in [2.75, 3.05) is 25.1 Å². The average molecular weight is 214 g/mol. The number of hydrogen-bond donors (Lipinski definition) is 1. The molecule has 1 N–H and O–H groups in total. The summed E-state index contributed by atoms with van der Waals surface area (Å²) in [5.41, 5.74) is -0.404. The molecule has 2 heterocycles. The zero-order valence-corrected chi connectivity index (χ0v) is 9.02. The Bertz CT molecular complexity index is 274. The first-order valence-electron chi connectivity index (χ1n) is 4.78. The first-order valence-corrected chi connectivity index (χ1v) is 5.94. The summed E-state index contributed by atoms with van der Waals surface area (Å²) in [6.07, 6.45) is 1.71. The minimum absolute atomic E-state index is 0.100. The molecule has 78 valence electrons. The van der Waals surface area contributed by atoms with Crippen LogP contribution in [0.1, 0.15) is 12.8 Å². The second-order valence-electron chi connectivity index (χ2n) is 3.88. The topological polar surface area (TPSA) is 49.4 Å². The molecule has 0 aromatic carbocycles. The maximum Gasteiger partial charge on any atom is 0.247 e. The van der Waals surface area contributed by atoms with Gasteiger partial charge < -0.3 is 0 Å². The fraction of sp³-hybridized carbons (Fsp3) is 0.778. The SMILES string of the molecule is CN1CC(=O)NC(=O)C12CCSCC2. The van der Waals surface area contributed by atoms with Gasteiger partial charge in [-0.05, 0) is 31.4 Å². The van der Waals surface area contributed by atoms with E-state index < -0.39 is 5.54 Å². The van der Waals surface area contributed by atoms with Gasteiger partial charge in [0.1, 0.15) is 5.54 Å². The molecule has 2 saturated heterocycles. The fourth-order valence-electron chi connectivity index (χ4n) is 2.14. The Morgan fingerprint density at radius 1 is 1.36 bits per heavy atom. The summed E-state index contributed by atoms with van der Waals surface area (Å²) < 4.78 is 0. The molecule has 1 spiro atoms. The fourth-order valence-corrected chi connectivity index (χ4v) is 3.31. The van der Waals surface area contributed by atoms with Crippen molar-refractivity contribution in [1.29, 1.82) is 0 Å². The van der Waals surface area contributed by atoms with Gasteiger partial charge in [-0.3, -0.25) is 19.8 Å². The molecular weight excluding hydrogens is 200 g/mol. The quantitative estimate of drug-likeness (QED) is 0.569. The Morgan fingerprint density at radius 3 is 2.57 bits per heavy atom. The van der Waals surface area contributed by atoms with Gasteiger partial charge in [-0.25, -0.2) is 0 Å². The van der Waals surface area contributed by atoms with Crippen LogP contribution in [0.5, 0.6) is 0 Å². The number of amides is 2. The lowest BCUT2D eigenvalue weighted by Crippen LogP contribution is -2.66. The van der Waals surface area contributed by atoms with Crippen molar-refractivity contribution in [3.63, 3.8) is 0 Å². The van der Waals surface area contributed by atoms with E-state index in [4.69, 9.17) is 0 Å². The molecule has 0 bridgehead atoms. The third kappa shape index (κ3) is 1.44. The number of likely N-dealkylation sites (N-methyl/N-ethyl adjacent to an activating group) is 1. The Morgan fingerprint density at radius 2 is 2.00 bits per heavy atom. The molecule has 0 unspecified atom stereocenters. The molecule has 2 aliphatic heterocycles. The summed E-state index contributed by atoms with van der Waals surface area (Å²) in [5.74, 6) is 1.73. The largest absolute Gasteiger partial charge is 0.294 e. The Labute approximate surface area is 87.4 Å². The first kappa shape index (κ1) is 9.98. The normalized spacial score (nSPS) is 27.8. The van der Waals surface area contributed by atoms with Crippen molar-refractivity contribution < 1.29 is 9.59 Å². The van der Waals surface area contributed by atoms with Crippen molar-refractivity contribution in [3.8, 4) is 0 Å². The Balaban J connectivity index is 2.22. The zero-order chi connectivity index (χ0) is 10.2. The number of carbonyl (C=O) groups is 2. The second kappa shape index (κ2) is 3.55. The lowest BCUT2D eigenvalue weighted by molar-refractivity contribution is -0.146. The number of nitrogens with zero attached hydrogens (tertiary/aromatic N) is 1. The maximum absolute atomic E-state index is 11.8. The van der Waals surface area contributed by atoms with Crippen LogP contribution < -0.4 is 5.32 Å². The summed E-state index contributed by atoms with van der Waals surface area (Å²) in [5, 5.41) is 2.44. The van der Waals surface area contributed by atoms with Gasteiger partial charge in [0.05, 0.1) is 6.54 Å². The van der Waals surface area contributed by atoms with E-state index in [1.165, 1.54) is 0 Å². The molecule has 0 saturated carbocycles. The van der Waals surface area contributed by atoms with Crippen LogP contribution in [0.15, 0.2) is 0 Å². The predicted octanol–water partition coefficient (Wildman–Crippen LogP) is -0.160. The summed E-state index contributed by atoms with van der Waals surface area (Å²) in [6.45, 7) is 0.344. The summed E-state index contributed by atoms with van der Waals surface area (Å²) >= 11 is 1.88. The van der Waals surface area contributed by atoms with Gasteiger partial charge in [0.2, 0.25) is 11.8 Å². The molecule has 0 aliphatic carbocycles. The molecular formula is C9H14N2O2S. The van der Waals surface area contributed by atoms with Crippen LogP contribution in [0.2, 0.25) is 0 Å². The summed E-state index contributed by atoms with van der Waals surface area (Å²) in [7, 11) is 1.87. The maximum atomic E-state index is 11.8. The number of imide groups is 1. The van der Waals surface area contributed by atoms with Crippen molar-refractivity contribution in [3.05, 3.63) is 0 Å². The van der Waals surface area contributed by atoms with Gasteiger partial charge in [-0.2, -0.15) is 11.8 Å². The molecule has 0 aromatic heterocycles. The van der Waals surface area contributed by atoms with Crippen LogP contribution in [-0.4, -0.2) is 47.4 Å². The third-order valence-electron chi connectivity index (χ3n) is 3.11. The van der Waals surface area contributed by atoms with Crippen molar-refractivity contribution >= 4 is 23.6 Å². The molecule has 0 atom stereocenters. The predicted molar refractivity (Wildman–Crippen MR) is 55.1 cm³/mol. The zero-order valence-electron chi connectivity index (χ0n) is 8.21. The molecule has 14 heavy (non-hydrogen) atoms. The third-order valence-corrected chi connectivity index (χ3v) is 4.09. The minimum Gasteiger partial charge on any atom is -0.294 e. The minimum atomic E-state index is -0.404. The highest BCUT2D eigenvalue weighted by Gasteiger charge is 2.47. The van der Waals surface area contributed by atoms with Crippen LogP contribution in [0.4, 0.5) is 0 Å². The highest BCUT2D eigenvalue weighted by molar-refractivity contribution is 7.99. The van der Waals surface area contributed by atoms with E-state index >= 15 is 0 Å². The molecule has 2 amide bonds. The van der Waals surface area contributed by atoms with Gasteiger partial charge >= 0.3 is 0 Å². The van der Waals surface area contributed by atoms with Crippen LogP contribution >= 0.6 is 11.8 Å². The van der Waals surface area contributed by atoms with E-state index in [1.54, 1.807) is 0 Å². The first-order chi connectivity index (χ1) is 6.65. The molecule has 4 nitrogen and oxygen atoms in total. The lowest BCUT2D eigenvalue weighted by Gasteiger charge is -2.45. The summed E-state index contributed by atoms with van der Waals surface area (Å²) in [4.78, 5) is 24.9. The number of carbonyl (C=O) groups excluding carboxylic acids is 2. The number of piperazine rings is 1. The number of rotatable bonds is 0. The van der Waals surface area contributed by atoms with Crippen molar-refractivity contribution in [1.82, 2.24) is 10.2 Å². The van der Waals surface area contributed by atoms with Crippen LogP contribution in [0.25, 0.3) is 0 Å². The van der Waals surface area contributed by atoms with E-state index in [-0.39, 0.29) is 11.8 Å². The number of nitrogens with one attached hydrogen (secondary N) is 1. The molecule has 2 fully saturated rings. The molecule has 5 heteroatoms. The van der Waals surface area contributed by atoms with Gasteiger partial charge in [-0.1, -0.05) is 0 Å². The molecule has 0 radical (unpaired) electrons. The van der Waals surface area contributed by atoms with Gasteiger partial charge in [0.25, 0.3) is 0 Å². The highest BCUT2D eigenvalue weighted by atomic mass is 32.2. The van der Waals surface area contributed by atoms with Crippen LogP contribution in [0, 0.1) is 0 Å². The van der Waals surface area contributed by atoms with E-state index in [2.05, 4.69) is 5.32 Å². The average Bonchev–Trinajstić information content (AvgIpc) is 2.16. The monoisotopic (exact) mass is 214 g/mol. The van der Waals surface area contributed by atoms with E-state index in [9.17, 15) is 9.59 Å². The highest BCUT2D eigenvalue weighted by Crippen LogP contribution is 2.33. The van der Waals surface area contributed by atoms with E-state index in [0.29, 0.717) is 6.54 Å². The number of thioether (sulfide) groups is 1. The Hall–Kier alpha value is -0.550. The molecule has 2 rings (SSSR count). The van der Waals surface area contributed by atoms with Crippen molar-refractivity contribution in [2.24, 2.45) is 0 Å². The Kier molecular flexibility index (Phi) is 2.53. The standard InChI is InChI=1S/C9H14N2O2S/c1-11-6-7(12)10-8(13)9(11)2-4-14-5-3-9/h2-6H2,1H3,(H,10,12,13). The van der Waals surface area contributed by atoms with E-state index in [1.807, 2.05) is 23.7 Å². The lowest BCUT2D eigenvalue weighted by atomic mass is 9.87. The van der Waals surface area contributed by atoms with Gasteiger partial charge in [0.15, 0.2) is 0 Å². The molecule has 2 aliphatic rings. The second-order valence-corrected chi connectivity index (χ2v) is 5.10. The van der Waals surface area contributed by atoms with Gasteiger partial charge in [0, 0.05) is 0 Å². The van der Waals surface area contributed by atoms with Crippen molar-refractivity contribution in [2.45, 2.75) is 18.4 Å².